The maximum atomic E-state index is 13.8. The van der Waals surface area contributed by atoms with Crippen LogP contribution >= 0.6 is 0 Å². The first-order valence-corrected chi connectivity index (χ1v) is 11.3. The second-order valence-electron chi connectivity index (χ2n) is 8.73. The van der Waals surface area contributed by atoms with E-state index in [2.05, 4.69) is 40.6 Å². The quantitative estimate of drug-likeness (QED) is 0.419. The Hall–Kier alpha value is -3.92. The Labute approximate surface area is 192 Å². The van der Waals surface area contributed by atoms with E-state index in [4.69, 9.17) is 4.74 Å². The van der Waals surface area contributed by atoms with Crippen molar-refractivity contribution in [2.45, 2.75) is 24.7 Å². The highest BCUT2D eigenvalue weighted by Crippen LogP contribution is 2.51. The van der Waals surface area contributed by atoms with E-state index in [0.717, 1.165) is 51.2 Å². The van der Waals surface area contributed by atoms with Crippen molar-refractivity contribution >= 4 is 22.4 Å². The zero-order valence-electron chi connectivity index (χ0n) is 18.4. The van der Waals surface area contributed by atoms with E-state index < -0.39 is 0 Å². The average molecular weight is 433 g/mol. The zero-order valence-corrected chi connectivity index (χ0v) is 18.4. The topological polar surface area (TPSA) is 51.2 Å². The number of ether oxygens (including phenoxy) is 1. The number of carbonyl (C=O) groups is 1. The molecule has 0 unspecified atom stereocenters. The smallest absolute Gasteiger partial charge is 0.162 e. The van der Waals surface area contributed by atoms with Gasteiger partial charge < -0.3 is 10.1 Å². The van der Waals surface area contributed by atoms with E-state index in [9.17, 15) is 4.79 Å². The van der Waals surface area contributed by atoms with Gasteiger partial charge in [0.15, 0.2) is 5.78 Å². The minimum atomic E-state index is -0.204. The van der Waals surface area contributed by atoms with Crippen LogP contribution in [-0.4, -0.2) is 17.9 Å². The molecule has 0 saturated carbocycles. The molecule has 2 heterocycles. The van der Waals surface area contributed by atoms with Crippen molar-refractivity contribution < 1.29 is 9.53 Å². The van der Waals surface area contributed by atoms with Crippen molar-refractivity contribution in [2.75, 3.05) is 12.4 Å². The molecule has 4 aromatic rings. The fourth-order valence-corrected chi connectivity index (χ4v) is 5.46. The lowest BCUT2D eigenvalue weighted by Crippen LogP contribution is -2.30. The standard InChI is InChI=1S/C29H24N2O2/c1-33-26-12-6-5-10-21(26)28-27-20-11-7-15-30-22(20)13-14-23(27)31-24-16-19(17-25(32)29(24)28)18-8-3-2-4-9-18/h2-15,19,28,31H,16-17H2,1H3/t19-,28+/m0/s1. The van der Waals surface area contributed by atoms with Crippen LogP contribution < -0.4 is 10.1 Å². The van der Waals surface area contributed by atoms with Crippen LogP contribution in [0.1, 0.15) is 41.4 Å². The van der Waals surface area contributed by atoms with Gasteiger partial charge in [0.1, 0.15) is 5.75 Å². The largest absolute Gasteiger partial charge is 0.496 e. The number of para-hydroxylation sites is 1. The van der Waals surface area contributed by atoms with Gasteiger partial charge in [-0.3, -0.25) is 9.78 Å². The Morgan fingerprint density at radius 1 is 0.909 bits per heavy atom. The van der Waals surface area contributed by atoms with Crippen molar-refractivity contribution in [1.82, 2.24) is 4.98 Å². The van der Waals surface area contributed by atoms with Crippen LogP contribution in [0.2, 0.25) is 0 Å². The number of carbonyl (C=O) groups excluding carboxylic acids is 1. The van der Waals surface area contributed by atoms with Crippen molar-refractivity contribution in [3.8, 4) is 5.75 Å². The van der Waals surface area contributed by atoms with E-state index in [1.54, 1.807) is 7.11 Å². The number of nitrogens with zero attached hydrogens (tertiary/aromatic N) is 1. The predicted octanol–water partition coefficient (Wildman–Crippen LogP) is 6.20. The molecule has 0 bridgehead atoms. The lowest BCUT2D eigenvalue weighted by Gasteiger charge is -2.37. The SMILES string of the molecule is COc1ccccc1[C@H]1C2=C(C[C@H](c3ccccc3)CC2=O)Nc2ccc3ncccc3c21. The number of pyridine rings is 1. The summed E-state index contributed by atoms with van der Waals surface area (Å²) in [6.45, 7) is 0. The monoisotopic (exact) mass is 432 g/mol. The first-order valence-electron chi connectivity index (χ1n) is 11.3. The third kappa shape index (κ3) is 3.21. The summed E-state index contributed by atoms with van der Waals surface area (Å²) in [5.74, 6) is 0.956. The molecule has 33 heavy (non-hydrogen) atoms. The third-order valence-electron chi connectivity index (χ3n) is 6.92. The predicted molar refractivity (Wildman–Crippen MR) is 131 cm³/mol. The highest BCUT2D eigenvalue weighted by molar-refractivity contribution is 6.04. The van der Waals surface area contributed by atoms with Gasteiger partial charge in [0, 0.05) is 46.4 Å². The highest BCUT2D eigenvalue weighted by atomic mass is 16.5. The molecule has 0 fully saturated rings. The van der Waals surface area contributed by atoms with Crippen LogP contribution in [-0.2, 0) is 4.79 Å². The fourth-order valence-electron chi connectivity index (χ4n) is 5.46. The second-order valence-corrected chi connectivity index (χ2v) is 8.73. The van der Waals surface area contributed by atoms with Gasteiger partial charge in [-0.2, -0.15) is 0 Å². The minimum Gasteiger partial charge on any atom is -0.496 e. The molecule has 0 amide bonds. The molecule has 3 aromatic carbocycles. The van der Waals surface area contributed by atoms with Gasteiger partial charge in [0.25, 0.3) is 0 Å². The number of anilines is 1. The number of allylic oxidation sites excluding steroid dienone is 2. The van der Waals surface area contributed by atoms with Gasteiger partial charge in [-0.15, -0.1) is 0 Å². The molecule has 6 rings (SSSR count). The molecule has 0 spiro atoms. The summed E-state index contributed by atoms with van der Waals surface area (Å²) >= 11 is 0. The summed E-state index contributed by atoms with van der Waals surface area (Å²) in [6, 6.07) is 26.6. The molecule has 0 radical (unpaired) electrons. The molecular weight excluding hydrogens is 408 g/mol. The summed E-state index contributed by atoms with van der Waals surface area (Å²) < 4.78 is 5.76. The third-order valence-corrected chi connectivity index (χ3v) is 6.92. The van der Waals surface area contributed by atoms with Gasteiger partial charge >= 0.3 is 0 Å². The summed E-state index contributed by atoms with van der Waals surface area (Å²) in [6.07, 6.45) is 3.12. The van der Waals surface area contributed by atoms with Crippen LogP contribution in [0.3, 0.4) is 0 Å². The molecular formula is C29H24N2O2. The van der Waals surface area contributed by atoms with Crippen LogP contribution in [0.4, 0.5) is 5.69 Å². The van der Waals surface area contributed by atoms with Gasteiger partial charge in [0.2, 0.25) is 0 Å². The molecule has 1 aliphatic carbocycles. The Morgan fingerprint density at radius 2 is 1.73 bits per heavy atom. The van der Waals surface area contributed by atoms with E-state index in [1.807, 2.05) is 54.7 Å². The Kier molecular flexibility index (Phi) is 4.72. The Morgan fingerprint density at radius 3 is 2.58 bits per heavy atom. The lowest BCUT2D eigenvalue weighted by molar-refractivity contribution is -0.116. The van der Waals surface area contributed by atoms with E-state index in [0.29, 0.717) is 6.42 Å². The zero-order chi connectivity index (χ0) is 22.4. The molecule has 162 valence electrons. The number of fused-ring (bicyclic) bond motifs is 3. The number of ketones is 1. The fraction of sp³-hybridized carbons (Fsp3) is 0.172. The van der Waals surface area contributed by atoms with E-state index in [-0.39, 0.29) is 17.6 Å². The molecule has 2 aliphatic rings. The second kappa shape index (κ2) is 7.89. The van der Waals surface area contributed by atoms with Gasteiger partial charge in [-0.05, 0) is 47.7 Å². The molecule has 4 heteroatoms. The maximum absolute atomic E-state index is 13.8. The summed E-state index contributed by atoms with van der Waals surface area (Å²) in [4.78, 5) is 18.4. The number of Topliss-reactive ketones (excluding diaryl/α,β-unsaturated/α-hetero) is 1. The molecule has 1 aliphatic heterocycles. The molecule has 1 aromatic heterocycles. The molecule has 2 atom stereocenters. The molecule has 1 N–H and O–H groups in total. The Balaban J connectivity index is 1.58. The van der Waals surface area contributed by atoms with Gasteiger partial charge in [-0.1, -0.05) is 54.6 Å². The number of benzene rings is 3. The van der Waals surface area contributed by atoms with Crippen molar-refractivity contribution in [1.29, 1.82) is 0 Å². The van der Waals surface area contributed by atoms with Gasteiger partial charge in [0.05, 0.1) is 12.6 Å². The van der Waals surface area contributed by atoms with Crippen LogP contribution in [0.5, 0.6) is 5.75 Å². The lowest BCUT2D eigenvalue weighted by atomic mass is 9.71. The van der Waals surface area contributed by atoms with E-state index >= 15 is 0 Å². The average Bonchev–Trinajstić information content (AvgIpc) is 2.87. The summed E-state index contributed by atoms with van der Waals surface area (Å²) in [7, 11) is 1.69. The molecule has 4 nitrogen and oxygen atoms in total. The highest BCUT2D eigenvalue weighted by Gasteiger charge is 2.40. The number of hydrogen-bond acceptors (Lipinski definition) is 4. The number of hydrogen-bond donors (Lipinski definition) is 1. The van der Waals surface area contributed by atoms with Crippen molar-refractivity contribution in [3.05, 3.63) is 113 Å². The van der Waals surface area contributed by atoms with E-state index in [1.165, 1.54) is 5.56 Å². The van der Waals surface area contributed by atoms with Crippen LogP contribution in [0.25, 0.3) is 10.9 Å². The van der Waals surface area contributed by atoms with Crippen molar-refractivity contribution in [2.24, 2.45) is 0 Å². The number of methoxy groups -OCH3 is 1. The first-order chi connectivity index (χ1) is 16.2. The Bertz CT molecular complexity index is 1410. The number of aromatic nitrogens is 1. The minimum absolute atomic E-state index is 0.173. The van der Waals surface area contributed by atoms with Crippen LogP contribution in [0.15, 0.2) is 96.3 Å². The summed E-state index contributed by atoms with van der Waals surface area (Å²) in [5.41, 5.74) is 7.15. The summed E-state index contributed by atoms with van der Waals surface area (Å²) in [5, 5.41) is 4.71. The normalized spacial score (nSPS) is 19.6. The number of rotatable bonds is 3. The molecule has 0 saturated heterocycles. The van der Waals surface area contributed by atoms with Crippen LogP contribution in [0, 0.1) is 0 Å². The number of nitrogens with one attached hydrogen (secondary N) is 1. The van der Waals surface area contributed by atoms with Crippen molar-refractivity contribution in [3.63, 3.8) is 0 Å². The first kappa shape index (κ1) is 19.7. The van der Waals surface area contributed by atoms with Gasteiger partial charge in [-0.25, -0.2) is 0 Å². The maximum Gasteiger partial charge on any atom is 0.162 e.